The summed E-state index contributed by atoms with van der Waals surface area (Å²) >= 11 is 1.32. The number of aromatic nitrogens is 3. The second-order valence-electron chi connectivity index (χ2n) is 8.26. The summed E-state index contributed by atoms with van der Waals surface area (Å²) in [7, 11) is 0. The van der Waals surface area contributed by atoms with Gasteiger partial charge in [0.05, 0.1) is 41.6 Å². The Kier molecular flexibility index (Phi) is 6.57. The third-order valence-corrected chi connectivity index (χ3v) is 6.40. The van der Waals surface area contributed by atoms with Gasteiger partial charge >= 0.3 is 18.2 Å². The molecule has 0 aliphatic carbocycles. The van der Waals surface area contributed by atoms with Crippen LogP contribution in [0.15, 0.2) is 67.1 Å². The molecule has 1 aliphatic rings. The molecule has 2 aromatic carbocycles. The van der Waals surface area contributed by atoms with Crippen molar-refractivity contribution in [3.8, 4) is 22.2 Å². The summed E-state index contributed by atoms with van der Waals surface area (Å²) < 4.78 is 70.3. The van der Waals surface area contributed by atoms with E-state index in [1.807, 2.05) is 0 Å². The Bertz CT molecular complexity index is 1440. The van der Waals surface area contributed by atoms with Crippen molar-refractivity contribution < 1.29 is 31.5 Å². The lowest BCUT2D eigenvalue weighted by Crippen LogP contribution is -2.56. The van der Waals surface area contributed by atoms with Gasteiger partial charge < -0.3 is 20.3 Å². The predicted octanol–water partition coefficient (Wildman–Crippen LogP) is 6.51. The summed E-state index contributed by atoms with van der Waals surface area (Å²) in [6, 6.07) is 10.4. The van der Waals surface area contributed by atoms with Crippen molar-refractivity contribution in [2.45, 2.75) is 12.1 Å². The molecule has 0 radical (unpaired) electrons. The Labute approximate surface area is 216 Å². The zero-order valence-corrected chi connectivity index (χ0v) is 20.0. The molecule has 0 spiro atoms. The van der Waals surface area contributed by atoms with Gasteiger partial charge in [0.2, 0.25) is 0 Å². The van der Waals surface area contributed by atoms with Crippen molar-refractivity contribution >= 4 is 33.9 Å². The second kappa shape index (κ2) is 9.85. The van der Waals surface area contributed by atoms with E-state index in [-0.39, 0.29) is 30.5 Å². The van der Waals surface area contributed by atoms with Crippen molar-refractivity contribution in [3.05, 3.63) is 72.7 Å². The number of benzene rings is 2. The fraction of sp³-hybridized carbons (Fsp3) is 0.167. The number of nitrogens with one attached hydrogen (secondary N) is 2. The van der Waals surface area contributed by atoms with Gasteiger partial charge in [-0.1, -0.05) is 17.4 Å². The first kappa shape index (κ1) is 25.3. The molecule has 0 saturated carbocycles. The number of thiazole rings is 1. The van der Waals surface area contributed by atoms with Crippen LogP contribution < -0.4 is 20.3 Å². The number of carbonyl (C=O) groups is 1. The van der Waals surface area contributed by atoms with E-state index in [4.69, 9.17) is 4.74 Å². The van der Waals surface area contributed by atoms with Crippen LogP contribution in [0.4, 0.5) is 43.3 Å². The van der Waals surface area contributed by atoms with E-state index < -0.39 is 23.7 Å². The molecular weight excluding hydrogens is 531 g/mol. The minimum atomic E-state index is -4.53. The minimum absolute atomic E-state index is 0.000347. The van der Waals surface area contributed by atoms with Gasteiger partial charge in [-0.15, -0.1) is 0 Å². The third-order valence-electron chi connectivity index (χ3n) is 5.29. The highest BCUT2D eigenvalue weighted by atomic mass is 32.1. The number of hydrogen-bond donors (Lipinski definition) is 2. The highest BCUT2D eigenvalue weighted by molar-refractivity contribution is 7.18. The zero-order chi connectivity index (χ0) is 26.9. The van der Waals surface area contributed by atoms with Crippen molar-refractivity contribution in [1.82, 2.24) is 15.0 Å². The number of ether oxygens (including phenoxy) is 1. The van der Waals surface area contributed by atoms with Gasteiger partial charge in [-0.25, -0.2) is 28.5 Å². The first-order valence-electron chi connectivity index (χ1n) is 11.0. The maximum absolute atomic E-state index is 13.1. The number of anilines is 3. The van der Waals surface area contributed by atoms with Gasteiger partial charge in [0.15, 0.2) is 5.13 Å². The average Bonchev–Trinajstić information content (AvgIpc) is 3.34. The van der Waals surface area contributed by atoms with Crippen LogP contribution >= 0.6 is 11.3 Å². The third kappa shape index (κ3) is 5.96. The van der Waals surface area contributed by atoms with Crippen LogP contribution in [0.5, 0.6) is 11.8 Å². The monoisotopic (exact) mass is 548 g/mol. The number of amides is 2. The van der Waals surface area contributed by atoms with E-state index in [1.54, 1.807) is 30.5 Å². The normalized spacial score (nSPS) is 14.5. The Morgan fingerprint density at radius 3 is 2.29 bits per heavy atom. The van der Waals surface area contributed by atoms with Crippen molar-refractivity contribution in [2.75, 3.05) is 28.6 Å². The number of hydrogen-bond acceptors (Lipinski definition) is 7. The molecule has 0 bridgehead atoms. The fourth-order valence-corrected chi connectivity index (χ4v) is 4.40. The van der Waals surface area contributed by atoms with Crippen molar-refractivity contribution in [1.29, 1.82) is 0 Å². The van der Waals surface area contributed by atoms with Gasteiger partial charge in [0, 0.05) is 11.9 Å². The molecule has 2 amide bonds. The molecule has 14 heteroatoms. The standard InChI is InChI=1S/C24H17F5N6O2S/c25-23(26)12-35(13-23)22-32-11-19(38-22)14-4-6-18(7-5-14)37-21-30-9-17(10-31-21)34-20(36)33-16-3-1-2-15(8-16)24(27,28)29/h1-11H,12-13H2,(H2,33,34,36). The largest absolute Gasteiger partial charge is 0.424 e. The summed E-state index contributed by atoms with van der Waals surface area (Å²) in [5, 5.41) is 5.28. The van der Waals surface area contributed by atoms with Crippen LogP contribution in [-0.4, -0.2) is 40.0 Å². The summed E-state index contributed by atoms with van der Waals surface area (Å²) in [5.41, 5.74) is 0.112. The van der Waals surface area contributed by atoms with Gasteiger partial charge in [-0.2, -0.15) is 13.2 Å². The van der Waals surface area contributed by atoms with Crippen LogP contribution in [0.3, 0.4) is 0 Å². The topological polar surface area (TPSA) is 92.3 Å². The van der Waals surface area contributed by atoms with E-state index in [0.29, 0.717) is 10.9 Å². The Morgan fingerprint density at radius 1 is 0.947 bits per heavy atom. The number of halogens is 5. The van der Waals surface area contributed by atoms with Crippen molar-refractivity contribution in [3.63, 3.8) is 0 Å². The maximum Gasteiger partial charge on any atom is 0.416 e. The lowest BCUT2D eigenvalue weighted by atomic mass is 10.2. The molecule has 2 aromatic heterocycles. The number of rotatable bonds is 6. The van der Waals surface area contributed by atoms with Crippen molar-refractivity contribution in [2.24, 2.45) is 0 Å². The quantitative estimate of drug-likeness (QED) is 0.267. The van der Waals surface area contributed by atoms with Gasteiger partial charge in [-0.05, 0) is 48.0 Å². The van der Waals surface area contributed by atoms with E-state index in [0.717, 1.165) is 22.6 Å². The van der Waals surface area contributed by atoms with Crippen LogP contribution in [-0.2, 0) is 6.18 Å². The van der Waals surface area contributed by atoms with Gasteiger partial charge in [0.1, 0.15) is 5.75 Å². The van der Waals surface area contributed by atoms with E-state index in [2.05, 4.69) is 25.6 Å². The van der Waals surface area contributed by atoms with Gasteiger partial charge in [-0.3, -0.25) is 0 Å². The predicted molar refractivity (Wildman–Crippen MR) is 131 cm³/mol. The first-order valence-corrected chi connectivity index (χ1v) is 11.8. The molecule has 1 fully saturated rings. The molecule has 8 nitrogen and oxygen atoms in total. The Balaban J connectivity index is 1.15. The summed E-state index contributed by atoms with van der Waals surface area (Å²) in [4.78, 5) is 26.7. The SMILES string of the molecule is O=C(Nc1cnc(Oc2ccc(-c3cnc(N4CC(F)(F)C4)s3)cc2)nc1)Nc1cccc(C(F)(F)F)c1. The minimum Gasteiger partial charge on any atom is -0.424 e. The molecule has 3 heterocycles. The number of carbonyl (C=O) groups excluding carboxylic acids is 1. The van der Waals surface area contributed by atoms with E-state index in [1.165, 1.54) is 40.8 Å². The Hall–Kier alpha value is -4.33. The molecular formula is C24H17F5N6O2S. The molecule has 1 aliphatic heterocycles. The second-order valence-corrected chi connectivity index (χ2v) is 9.27. The zero-order valence-electron chi connectivity index (χ0n) is 19.2. The Morgan fingerprint density at radius 2 is 1.63 bits per heavy atom. The molecule has 5 rings (SSSR count). The molecule has 196 valence electrons. The summed E-state index contributed by atoms with van der Waals surface area (Å²) in [6.45, 7) is -0.664. The van der Waals surface area contributed by atoms with Crippen LogP contribution in [0.25, 0.3) is 10.4 Å². The highest BCUT2D eigenvalue weighted by Crippen LogP contribution is 2.38. The van der Waals surface area contributed by atoms with Crippen LogP contribution in [0.2, 0.25) is 0 Å². The average molecular weight is 548 g/mol. The lowest BCUT2D eigenvalue weighted by Gasteiger charge is -2.38. The number of urea groups is 1. The lowest BCUT2D eigenvalue weighted by molar-refractivity contribution is -0.137. The number of alkyl halides is 5. The van der Waals surface area contributed by atoms with Crippen LogP contribution in [0.1, 0.15) is 5.56 Å². The summed E-state index contributed by atoms with van der Waals surface area (Å²) in [6.07, 6.45) is -0.342. The van der Waals surface area contributed by atoms with Gasteiger partial charge in [0.25, 0.3) is 5.92 Å². The molecule has 38 heavy (non-hydrogen) atoms. The smallest absolute Gasteiger partial charge is 0.416 e. The maximum atomic E-state index is 13.1. The number of nitrogens with zero attached hydrogens (tertiary/aromatic N) is 4. The van der Waals surface area contributed by atoms with Crippen LogP contribution in [0, 0.1) is 0 Å². The summed E-state index contributed by atoms with van der Waals surface area (Å²) in [5.74, 6) is -2.23. The molecule has 1 saturated heterocycles. The van der Waals surface area contributed by atoms with E-state index in [9.17, 15) is 26.7 Å². The fourth-order valence-electron chi connectivity index (χ4n) is 3.48. The molecule has 2 N–H and O–H groups in total. The molecule has 0 atom stereocenters. The first-order chi connectivity index (χ1) is 18.0. The molecule has 4 aromatic rings. The molecule has 0 unspecified atom stereocenters. The highest BCUT2D eigenvalue weighted by Gasteiger charge is 2.45. The van der Waals surface area contributed by atoms with E-state index >= 15 is 0 Å².